The number of imidazole rings is 1. The summed E-state index contributed by atoms with van der Waals surface area (Å²) >= 11 is 0. The molecule has 6 nitrogen and oxygen atoms in total. The molecule has 3 heterocycles. The SMILES string of the molecule is Cc1nc2c(-c3ncn[nH]3)cc(N3CCCCC3)cc2n1-c1ccc2ccccc2c1. The van der Waals surface area contributed by atoms with E-state index >= 15 is 0 Å². The van der Waals surface area contributed by atoms with Crippen molar-refractivity contribution >= 4 is 27.5 Å². The third-order valence-electron chi connectivity index (χ3n) is 6.30. The fourth-order valence-electron chi connectivity index (χ4n) is 4.77. The van der Waals surface area contributed by atoms with E-state index in [1.807, 2.05) is 0 Å². The molecule has 6 rings (SSSR count). The number of fused-ring (bicyclic) bond motifs is 2. The standard InChI is InChI=1S/C25H24N6/c1-17-28-24-22(25-26-16-27-29-25)14-21(30-11-5-2-6-12-30)15-23(24)31(17)20-10-9-18-7-3-4-8-19(18)13-20/h3-4,7-10,13-16H,2,5-6,11-12H2,1H3,(H,26,27,29). The molecular formula is C25H24N6. The number of aryl methyl sites for hydroxylation is 1. The molecule has 0 unspecified atom stereocenters. The highest BCUT2D eigenvalue weighted by molar-refractivity contribution is 5.95. The molecule has 31 heavy (non-hydrogen) atoms. The van der Waals surface area contributed by atoms with E-state index < -0.39 is 0 Å². The lowest BCUT2D eigenvalue weighted by atomic mass is 10.1. The van der Waals surface area contributed by atoms with Crippen LogP contribution in [0, 0.1) is 6.92 Å². The molecule has 2 aromatic heterocycles. The van der Waals surface area contributed by atoms with Crippen molar-refractivity contribution in [2.75, 3.05) is 18.0 Å². The Morgan fingerprint density at radius 3 is 2.52 bits per heavy atom. The van der Waals surface area contributed by atoms with Crippen molar-refractivity contribution in [3.05, 3.63) is 66.7 Å². The Balaban J connectivity index is 1.61. The van der Waals surface area contributed by atoms with E-state index in [4.69, 9.17) is 4.98 Å². The van der Waals surface area contributed by atoms with Crippen LogP contribution in [0.15, 0.2) is 60.9 Å². The number of benzene rings is 3. The van der Waals surface area contributed by atoms with Crippen LogP contribution in [-0.2, 0) is 0 Å². The molecule has 1 aliphatic heterocycles. The molecule has 0 saturated carbocycles. The molecule has 1 aliphatic rings. The normalized spacial score (nSPS) is 14.5. The number of hydrogen-bond donors (Lipinski definition) is 1. The summed E-state index contributed by atoms with van der Waals surface area (Å²) in [6.45, 7) is 4.24. The van der Waals surface area contributed by atoms with Gasteiger partial charge in [0.1, 0.15) is 17.7 Å². The van der Waals surface area contributed by atoms with Crippen molar-refractivity contribution in [3.8, 4) is 17.1 Å². The Kier molecular flexibility index (Phi) is 4.23. The van der Waals surface area contributed by atoms with Crippen molar-refractivity contribution in [1.82, 2.24) is 24.7 Å². The molecule has 0 atom stereocenters. The van der Waals surface area contributed by atoms with E-state index in [9.17, 15) is 0 Å². The van der Waals surface area contributed by atoms with Crippen molar-refractivity contribution in [2.24, 2.45) is 0 Å². The van der Waals surface area contributed by atoms with Crippen molar-refractivity contribution < 1.29 is 0 Å². The van der Waals surface area contributed by atoms with Crippen LogP contribution in [0.2, 0.25) is 0 Å². The number of nitrogens with one attached hydrogen (secondary N) is 1. The Labute approximate surface area is 180 Å². The molecule has 1 saturated heterocycles. The van der Waals surface area contributed by atoms with Crippen molar-refractivity contribution in [3.63, 3.8) is 0 Å². The number of aromatic nitrogens is 5. The van der Waals surface area contributed by atoms with E-state index in [0.29, 0.717) is 0 Å². The highest BCUT2D eigenvalue weighted by Crippen LogP contribution is 2.35. The number of aromatic amines is 1. The molecule has 0 bridgehead atoms. The first-order chi connectivity index (χ1) is 15.3. The molecule has 0 aliphatic carbocycles. The van der Waals surface area contributed by atoms with E-state index in [-0.39, 0.29) is 0 Å². The Morgan fingerprint density at radius 2 is 1.71 bits per heavy atom. The number of H-pyrrole nitrogens is 1. The van der Waals surface area contributed by atoms with Crippen molar-refractivity contribution in [1.29, 1.82) is 0 Å². The molecular weight excluding hydrogens is 384 g/mol. The van der Waals surface area contributed by atoms with E-state index in [1.54, 1.807) is 6.33 Å². The zero-order chi connectivity index (χ0) is 20.8. The van der Waals surface area contributed by atoms with Crippen molar-refractivity contribution in [2.45, 2.75) is 26.2 Å². The van der Waals surface area contributed by atoms with E-state index in [2.05, 4.69) is 86.2 Å². The van der Waals surface area contributed by atoms with Gasteiger partial charge in [0.05, 0.1) is 5.52 Å². The lowest BCUT2D eigenvalue weighted by Gasteiger charge is -2.29. The van der Waals surface area contributed by atoms with Gasteiger partial charge in [-0.05, 0) is 61.2 Å². The summed E-state index contributed by atoms with van der Waals surface area (Å²) in [5, 5.41) is 9.59. The number of piperidine rings is 1. The predicted molar refractivity (Wildman–Crippen MR) is 125 cm³/mol. The number of hydrogen-bond acceptors (Lipinski definition) is 4. The smallest absolute Gasteiger partial charge is 0.157 e. The molecule has 5 aromatic rings. The van der Waals surface area contributed by atoms with Crippen LogP contribution >= 0.6 is 0 Å². The maximum Gasteiger partial charge on any atom is 0.157 e. The summed E-state index contributed by atoms with van der Waals surface area (Å²) in [7, 11) is 0. The molecule has 6 heteroatoms. The van der Waals surface area contributed by atoms with Gasteiger partial charge < -0.3 is 4.90 Å². The molecule has 154 valence electrons. The first-order valence-corrected chi connectivity index (χ1v) is 10.9. The van der Waals surface area contributed by atoms with Crippen LogP contribution in [0.25, 0.3) is 38.9 Å². The highest BCUT2D eigenvalue weighted by atomic mass is 15.2. The second-order valence-corrected chi connectivity index (χ2v) is 8.27. The van der Waals surface area contributed by atoms with Gasteiger partial charge in [-0.1, -0.05) is 30.3 Å². The second kappa shape index (κ2) is 7.23. The lowest BCUT2D eigenvalue weighted by Crippen LogP contribution is -2.29. The van der Waals surface area contributed by atoms with Gasteiger partial charge in [-0.25, -0.2) is 9.97 Å². The second-order valence-electron chi connectivity index (χ2n) is 8.27. The van der Waals surface area contributed by atoms with Crippen LogP contribution in [0.5, 0.6) is 0 Å². The van der Waals surface area contributed by atoms with Gasteiger partial charge in [0.15, 0.2) is 5.82 Å². The van der Waals surface area contributed by atoms with Crippen LogP contribution in [0.4, 0.5) is 5.69 Å². The summed E-state index contributed by atoms with van der Waals surface area (Å²) < 4.78 is 2.26. The first-order valence-electron chi connectivity index (χ1n) is 10.9. The molecule has 0 amide bonds. The summed E-state index contributed by atoms with van der Waals surface area (Å²) in [5.74, 6) is 1.72. The van der Waals surface area contributed by atoms with E-state index in [0.717, 1.165) is 47.0 Å². The average molecular weight is 409 g/mol. The Hall–Kier alpha value is -3.67. The zero-order valence-electron chi connectivity index (χ0n) is 17.5. The molecule has 1 N–H and O–H groups in total. The average Bonchev–Trinajstić information content (AvgIpc) is 3.46. The monoisotopic (exact) mass is 408 g/mol. The topological polar surface area (TPSA) is 62.6 Å². The zero-order valence-corrected chi connectivity index (χ0v) is 17.5. The van der Waals surface area contributed by atoms with E-state index in [1.165, 1.54) is 35.7 Å². The summed E-state index contributed by atoms with van der Waals surface area (Å²) in [6, 6.07) is 19.6. The largest absolute Gasteiger partial charge is 0.371 e. The predicted octanol–water partition coefficient (Wildman–Crippen LogP) is 5.26. The fourth-order valence-corrected chi connectivity index (χ4v) is 4.77. The third-order valence-corrected chi connectivity index (χ3v) is 6.30. The van der Waals surface area contributed by atoms with Crippen LogP contribution in [0.1, 0.15) is 25.1 Å². The highest BCUT2D eigenvalue weighted by Gasteiger charge is 2.20. The van der Waals surface area contributed by atoms with Gasteiger partial charge in [0.25, 0.3) is 0 Å². The maximum absolute atomic E-state index is 4.97. The molecule has 3 aromatic carbocycles. The number of nitrogens with zero attached hydrogens (tertiary/aromatic N) is 5. The van der Waals surface area contributed by atoms with Crippen LogP contribution in [-0.4, -0.2) is 37.8 Å². The Morgan fingerprint density at radius 1 is 0.871 bits per heavy atom. The fraction of sp³-hybridized carbons (Fsp3) is 0.240. The summed E-state index contributed by atoms with van der Waals surface area (Å²) in [5.41, 5.74) is 5.39. The first kappa shape index (κ1) is 18.1. The quantitative estimate of drug-likeness (QED) is 0.442. The molecule has 0 radical (unpaired) electrons. The van der Waals surface area contributed by atoms with Gasteiger partial charge in [-0.2, -0.15) is 5.10 Å². The Bertz CT molecular complexity index is 1380. The molecule has 0 spiro atoms. The lowest BCUT2D eigenvalue weighted by molar-refractivity contribution is 0.578. The van der Waals surface area contributed by atoms with Gasteiger partial charge in [0.2, 0.25) is 0 Å². The van der Waals surface area contributed by atoms with Gasteiger partial charge >= 0.3 is 0 Å². The van der Waals surface area contributed by atoms with Gasteiger partial charge in [-0.15, -0.1) is 0 Å². The number of anilines is 1. The minimum atomic E-state index is 0.757. The minimum Gasteiger partial charge on any atom is -0.371 e. The summed E-state index contributed by atoms with van der Waals surface area (Å²) in [6.07, 6.45) is 5.33. The third kappa shape index (κ3) is 3.06. The van der Waals surface area contributed by atoms with Gasteiger partial charge in [-0.3, -0.25) is 9.67 Å². The maximum atomic E-state index is 4.97. The number of rotatable bonds is 3. The van der Waals surface area contributed by atoms with Crippen LogP contribution < -0.4 is 4.90 Å². The molecule has 1 fully saturated rings. The van der Waals surface area contributed by atoms with Gasteiger partial charge in [0, 0.05) is 30.0 Å². The van der Waals surface area contributed by atoms with Crippen LogP contribution in [0.3, 0.4) is 0 Å². The minimum absolute atomic E-state index is 0.757. The summed E-state index contributed by atoms with van der Waals surface area (Å²) in [4.78, 5) is 11.9.